The van der Waals surface area contributed by atoms with Gasteiger partial charge in [0, 0.05) is 11.6 Å². The molecule has 2 aromatic carbocycles. The first-order valence-electron chi connectivity index (χ1n) is 6.00. The summed E-state index contributed by atoms with van der Waals surface area (Å²) < 4.78 is 26.8. The van der Waals surface area contributed by atoms with Crippen LogP contribution in [0.2, 0.25) is 0 Å². The highest BCUT2D eigenvalue weighted by atomic mass is 19.1. The minimum Gasteiger partial charge on any atom is -0.271 e. The van der Waals surface area contributed by atoms with Gasteiger partial charge < -0.3 is 0 Å². The lowest BCUT2D eigenvalue weighted by atomic mass is 9.96. The van der Waals surface area contributed by atoms with E-state index in [0.29, 0.717) is 5.56 Å². The first-order chi connectivity index (χ1) is 9.01. The average Bonchev–Trinajstić information content (AvgIpc) is 2.31. The van der Waals surface area contributed by atoms with Crippen LogP contribution in [-0.4, -0.2) is 0 Å². The first-order valence-corrected chi connectivity index (χ1v) is 6.00. The molecule has 0 fully saturated rings. The molecule has 0 heterocycles. The zero-order chi connectivity index (χ0) is 14.0. The highest BCUT2D eigenvalue weighted by Crippen LogP contribution is 2.25. The third-order valence-electron chi connectivity index (χ3n) is 3.02. The van der Waals surface area contributed by atoms with Crippen LogP contribution in [0.5, 0.6) is 0 Å². The van der Waals surface area contributed by atoms with E-state index >= 15 is 0 Å². The van der Waals surface area contributed by atoms with E-state index in [1.807, 2.05) is 32.0 Å². The number of hydrogen-bond acceptors (Lipinski definition) is 2. The Morgan fingerprint density at radius 1 is 1.00 bits per heavy atom. The largest absolute Gasteiger partial charge is 0.271 e. The second-order valence-corrected chi connectivity index (χ2v) is 4.69. The van der Waals surface area contributed by atoms with E-state index in [4.69, 9.17) is 5.84 Å². The highest BCUT2D eigenvalue weighted by molar-refractivity contribution is 5.37. The summed E-state index contributed by atoms with van der Waals surface area (Å²) >= 11 is 0. The van der Waals surface area contributed by atoms with E-state index in [1.165, 1.54) is 12.1 Å². The smallest absolute Gasteiger partial charge is 0.131 e. The molecular formula is C15H16F2N2. The molecule has 2 nitrogen and oxygen atoms in total. The number of aryl methyl sites for hydroxylation is 2. The monoisotopic (exact) mass is 262 g/mol. The Kier molecular flexibility index (Phi) is 3.93. The molecule has 2 rings (SSSR count). The maximum Gasteiger partial charge on any atom is 0.131 e. The van der Waals surface area contributed by atoms with Gasteiger partial charge in [-0.25, -0.2) is 14.2 Å². The zero-order valence-electron chi connectivity index (χ0n) is 10.9. The second kappa shape index (κ2) is 5.47. The number of benzene rings is 2. The average molecular weight is 262 g/mol. The molecule has 0 aliphatic heterocycles. The zero-order valence-corrected chi connectivity index (χ0v) is 10.9. The van der Waals surface area contributed by atoms with Crippen LogP contribution in [0.15, 0.2) is 36.4 Å². The molecule has 100 valence electrons. The molecule has 0 radical (unpaired) electrons. The van der Waals surface area contributed by atoms with Gasteiger partial charge in [-0.15, -0.1) is 0 Å². The molecule has 0 amide bonds. The van der Waals surface area contributed by atoms with Crippen molar-refractivity contribution in [2.75, 3.05) is 0 Å². The number of halogens is 2. The molecule has 3 N–H and O–H groups in total. The molecule has 1 unspecified atom stereocenters. The Morgan fingerprint density at radius 3 is 2.16 bits per heavy atom. The standard InChI is InChI=1S/C15H16F2N2/c1-9-5-10(2)7-11(6-9)15(19-18)13-4-3-12(16)8-14(13)17/h3-8,15,19H,18H2,1-2H3. The lowest BCUT2D eigenvalue weighted by Crippen LogP contribution is -2.29. The van der Waals surface area contributed by atoms with E-state index in [9.17, 15) is 8.78 Å². The summed E-state index contributed by atoms with van der Waals surface area (Å²) in [5.41, 5.74) is 5.90. The van der Waals surface area contributed by atoms with Gasteiger partial charge >= 0.3 is 0 Å². The third-order valence-corrected chi connectivity index (χ3v) is 3.02. The molecular weight excluding hydrogens is 246 g/mol. The van der Waals surface area contributed by atoms with Crippen molar-refractivity contribution in [1.29, 1.82) is 0 Å². The van der Waals surface area contributed by atoms with Gasteiger partial charge in [0.15, 0.2) is 0 Å². The molecule has 0 aliphatic rings. The summed E-state index contributed by atoms with van der Waals surface area (Å²) in [6.45, 7) is 3.93. The summed E-state index contributed by atoms with van der Waals surface area (Å²) in [7, 11) is 0. The van der Waals surface area contributed by atoms with Gasteiger partial charge in [0.05, 0.1) is 6.04 Å². The molecule has 0 saturated carbocycles. The van der Waals surface area contributed by atoms with Crippen molar-refractivity contribution in [3.05, 3.63) is 70.3 Å². The van der Waals surface area contributed by atoms with Crippen molar-refractivity contribution >= 4 is 0 Å². The van der Waals surface area contributed by atoms with Crippen LogP contribution < -0.4 is 11.3 Å². The van der Waals surface area contributed by atoms with E-state index in [-0.39, 0.29) is 0 Å². The Morgan fingerprint density at radius 2 is 1.63 bits per heavy atom. The third kappa shape index (κ3) is 2.97. The number of nitrogens with one attached hydrogen (secondary N) is 1. The van der Waals surface area contributed by atoms with Crippen LogP contribution in [0.4, 0.5) is 8.78 Å². The minimum absolute atomic E-state index is 0.328. The highest BCUT2D eigenvalue weighted by Gasteiger charge is 2.17. The van der Waals surface area contributed by atoms with Crippen LogP contribution in [0.3, 0.4) is 0 Å². The van der Waals surface area contributed by atoms with E-state index in [2.05, 4.69) is 5.43 Å². The molecule has 0 aromatic heterocycles. The van der Waals surface area contributed by atoms with Crippen LogP contribution >= 0.6 is 0 Å². The quantitative estimate of drug-likeness (QED) is 0.658. The molecule has 0 aliphatic carbocycles. The summed E-state index contributed by atoms with van der Waals surface area (Å²) in [4.78, 5) is 0. The first kappa shape index (κ1) is 13.6. The van der Waals surface area contributed by atoms with Crippen molar-refractivity contribution < 1.29 is 8.78 Å². The van der Waals surface area contributed by atoms with Gasteiger partial charge in [-0.1, -0.05) is 35.4 Å². The van der Waals surface area contributed by atoms with Gasteiger partial charge in [0.2, 0.25) is 0 Å². The molecule has 19 heavy (non-hydrogen) atoms. The van der Waals surface area contributed by atoms with Crippen molar-refractivity contribution in [2.45, 2.75) is 19.9 Å². The van der Waals surface area contributed by atoms with E-state index in [0.717, 1.165) is 22.8 Å². The molecule has 2 aromatic rings. The van der Waals surface area contributed by atoms with E-state index < -0.39 is 17.7 Å². The lowest BCUT2D eigenvalue weighted by Gasteiger charge is -2.18. The Hall–Kier alpha value is -1.78. The van der Waals surface area contributed by atoms with Crippen LogP contribution in [-0.2, 0) is 0 Å². The van der Waals surface area contributed by atoms with Gasteiger partial charge in [0.1, 0.15) is 11.6 Å². The van der Waals surface area contributed by atoms with Crippen LogP contribution in [0.1, 0.15) is 28.3 Å². The van der Waals surface area contributed by atoms with Gasteiger partial charge in [-0.05, 0) is 25.5 Å². The van der Waals surface area contributed by atoms with Crippen LogP contribution in [0.25, 0.3) is 0 Å². The SMILES string of the molecule is Cc1cc(C)cc(C(NN)c2ccc(F)cc2F)c1. The molecule has 0 bridgehead atoms. The summed E-state index contributed by atoms with van der Waals surface area (Å²) in [5, 5.41) is 0. The van der Waals surface area contributed by atoms with Crippen molar-refractivity contribution in [2.24, 2.45) is 5.84 Å². The predicted octanol–water partition coefficient (Wildman–Crippen LogP) is 3.13. The summed E-state index contributed by atoms with van der Waals surface area (Å²) in [6.07, 6.45) is 0. The maximum atomic E-state index is 13.8. The summed E-state index contributed by atoms with van der Waals surface area (Å²) in [5.74, 6) is 4.32. The number of rotatable bonds is 3. The Bertz CT molecular complexity index is 576. The molecule has 1 atom stereocenters. The fourth-order valence-electron chi connectivity index (χ4n) is 2.28. The normalized spacial score (nSPS) is 12.5. The second-order valence-electron chi connectivity index (χ2n) is 4.69. The van der Waals surface area contributed by atoms with Gasteiger partial charge in [0.25, 0.3) is 0 Å². The predicted molar refractivity (Wildman–Crippen MR) is 71.4 cm³/mol. The number of nitrogens with two attached hydrogens (primary N) is 1. The maximum absolute atomic E-state index is 13.8. The van der Waals surface area contributed by atoms with Gasteiger partial charge in [-0.2, -0.15) is 0 Å². The minimum atomic E-state index is -0.609. The molecule has 4 heteroatoms. The number of hydrogen-bond donors (Lipinski definition) is 2. The van der Waals surface area contributed by atoms with Gasteiger partial charge in [-0.3, -0.25) is 5.84 Å². The number of hydrazine groups is 1. The topological polar surface area (TPSA) is 38.0 Å². The molecule has 0 saturated heterocycles. The fourth-order valence-corrected chi connectivity index (χ4v) is 2.28. The fraction of sp³-hybridized carbons (Fsp3) is 0.200. The van der Waals surface area contributed by atoms with Crippen molar-refractivity contribution in [1.82, 2.24) is 5.43 Å². The van der Waals surface area contributed by atoms with Crippen LogP contribution in [0, 0.1) is 25.5 Å². The van der Waals surface area contributed by atoms with E-state index in [1.54, 1.807) is 0 Å². The van der Waals surface area contributed by atoms with Crippen molar-refractivity contribution in [3.8, 4) is 0 Å². The Balaban J connectivity index is 2.49. The lowest BCUT2D eigenvalue weighted by molar-refractivity contribution is 0.541. The Labute approximate surface area is 111 Å². The van der Waals surface area contributed by atoms with Crippen molar-refractivity contribution in [3.63, 3.8) is 0 Å². The summed E-state index contributed by atoms with van der Waals surface area (Å²) in [6, 6.07) is 8.89. The molecule has 0 spiro atoms.